The Morgan fingerprint density at radius 2 is 1.71 bits per heavy atom. The third-order valence-electron chi connectivity index (χ3n) is 3.48. The summed E-state index contributed by atoms with van der Waals surface area (Å²) in [4.78, 5) is 11.5. The van der Waals surface area contributed by atoms with Gasteiger partial charge in [0.05, 0.1) is 6.61 Å². The van der Waals surface area contributed by atoms with Crippen LogP contribution < -0.4 is 5.32 Å². The maximum absolute atomic E-state index is 11.5. The summed E-state index contributed by atoms with van der Waals surface area (Å²) >= 11 is 0. The van der Waals surface area contributed by atoms with E-state index in [0.29, 0.717) is 6.61 Å². The molecule has 1 aliphatic rings. The molecule has 0 aromatic heterocycles. The number of aliphatic hydroxyl groups is 1. The van der Waals surface area contributed by atoms with Crippen LogP contribution in [0.2, 0.25) is 39.3 Å². The normalized spacial score (nSPS) is 31.8. The van der Waals surface area contributed by atoms with E-state index in [0.717, 1.165) is 0 Å². The zero-order valence-electron chi connectivity index (χ0n) is 16.1. The van der Waals surface area contributed by atoms with E-state index < -0.39 is 47.3 Å². The lowest BCUT2D eigenvalue weighted by Crippen LogP contribution is -2.66. The molecule has 2 N–H and O–H groups in total. The van der Waals surface area contributed by atoms with E-state index in [1.807, 2.05) is 0 Å². The van der Waals surface area contributed by atoms with E-state index >= 15 is 0 Å². The highest BCUT2D eigenvalue weighted by atomic mass is 28.4. The summed E-state index contributed by atoms with van der Waals surface area (Å²) in [5.74, 6) is -0.256. The number of ether oxygens (including phenoxy) is 2. The first kappa shape index (κ1) is 21.7. The first-order valence-electron chi connectivity index (χ1n) is 8.29. The van der Waals surface area contributed by atoms with E-state index in [4.69, 9.17) is 18.3 Å². The van der Waals surface area contributed by atoms with Crippen molar-refractivity contribution < 1.29 is 28.2 Å². The summed E-state index contributed by atoms with van der Waals surface area (Å²) in [7, 11) is -2.10. The van der Waals surface area contributed by atoms with Crippen molar-refractivity contribution in [3.63, 3.8) is 0 Å². The van der Waals surface area contributed by atoms with Crippen LogP contribution >= 0.6 is 0 Å². The minimum atomic E-state index is -1.91. The van der Waals surface area contributed by atoms with E-state index in [9.17, 15) is 9.90 Å². The Bertz CT molecular complexity index is 423. The molecule has 7 nitrogen and oxygen atoms in total. The molecule has 142 valence electrons. The van der Waals surface area contributed by atoms with Crippen LogP contribution in [0.15, 0.2) is 0 Å². The van der Waals surface area contributed by atoms with Gasteiger partial charge in [-0.1, -0.05) is 0 Å². The Balaban J connectivity index is 3.02. The molecule has 1 amide bonds. The first-order valence-corrected chi connectivity index (χ1v) is 15.1. The van der Waals surface area contributed by atoms with Crippen molar-refractivity contribution in [3.05, 3.63) is 0 Å². The van der Waals surface area contributed by atoms with Gasteiger partial charge in [-0.25, -0.2) is 0 Å². The lowest BCUT2D eigenvalue weighted by Gasteiger charge is -2.46. The highest BCUT2D eigenvalue weighted by molar-refractivity contribution is 6.70. The topological polar surface area (TPSA) is 86.3 Å². The molecule has 1 heterocycles. The second-order valence-corrected chi connectivity index (χ2v) is 17.1. The number of carbonyl (C=O) groups excluding carboxylic acids is 1. The first-order chi connectivity index (χ1) is 10.8. The van der Waals surface area contributed by atoms with Crippen molar-refractivity contribution >= 4 is 22.5 Å². The largest absolute Gasteiger partial charge is 0.415 e. The lowest BCUT2D eigenvalue weighted by molar-refractivity contribution is -0.253. The van der Waals surface area contributed by atoms with Gasteiger partial charge < -0.3 is 28.7 Å². The Labute approximate surface area is 147 Å². The number of rotatable bonds is 7. The predicted octanol–water partition coefficient (Wildman–Crippen LogP) is 1.29. The summed E-state index contributed by atoms with van der Waals surface area (Å²) in [6, 6.07) is -0.683. The molecule has 5 unspecified atom stereocenters. The molecule has 1 saturated heterocycles. The SMILES string of the molecule is COC1C(NC(C)=O)C(O)OC(CO[Si](C)(C)C)C1O[Si](C)(C)C. The van der Waals surface area contributed by atoms with Gasteiger partial charge in [0, 0.05) is 14.0 Å². The smallest absolute Gasteiger partial charge is 0.217 e. The summed E-state index contributed by atoms with van der Waals surface area (Å²) in [5.41, 5.74) is 0. The van der Waals surface area contributed by atoms with Crippen LogP contribution in [0.3, 0.4) is 0 Å². The van der Waals surface area contributed by atoms with Crippen molar-refractivity contribution in [3.8, 4) is 0 Å². The van der Waals surface area contributed by atoms with Crippen molar-refractivity contribution in [2.24, 2.45) is 0 Å². The molecule has 0 saturated carbocycles. The van der Waals surface area contributed by atoms with Crippen LogP contribution in [0.5, 0.6) is 0 Å². The molecule has 9 heteroatoms. The molecule has 24 heavy (non-hydrogen) atoms. The van der Waals surface area contributed by atoms with Crippen LogP contribution in [-0.2, 0) is 23.1 Å². The number of amides is 1. The second-order valence-electron chi connectivity index (χ2n) is 8.11. The zero-order chi connectivity index (χ0) is 18.7. The van der Waals surface area contributed by atoms with Crippen LogP contribution in [0.4, 0.5) is 0 Å². The van der Waals surface area contributed by atoms with Gasteiger partial charge in [-0.05, 0) is 39.3 Å². The maximum Gasteiger partial charge on any atom is 0.217 e. The fourth-order valence-electron chi connectivity index (χ4n) is 2.61. The Morgan fingerprint density at radius 1 is 1.12 bits per heavy atom. The summed E-state index contributed by atoms with van der Waals surface area (Å²) in [6.45, 7) is 14.2. The van der Waals surface area contributed by atoms with Crippen LogP contribution in [0.1, 0.15) is 6.92 Å². The second kappa shape index (κ2) is 8.39. The molecule has 0 radical (unpaired) electrons. The van der Waals surface area contributed by atoms with Gasteiger partial charge in [-0.15, -0.1) is 0 Å². The van der Waals surface area contributed by atoms with Gasteiger partial charge in [0.15, 0.2) is 22.9 Å². The fourth-order valence-corrected chi connectivity index (χ4v) is 4.37. The van der Waals surface area contributed by atoms with Crippen molar-refractivity contribution in [1.29, 1.82) is 0 Å². The molecule has 0 aromatic rings. The Hall–Kier alpha value is -0.296. The third-order valence-corrected chi connectivity index (χ3v) is 5.49. The maximum atomic E-state index is 11.5. The van der Waals surface area contributed by atoms with Gasteiger partial charge >= 0.3 is 0 Å². The quantitative estimate of drug-likeness (QED) is 0.649. The number of hydrogen-bond acceptors (Lipinski definition) is 6. The number of carbonyl (C=O) groups is 1. The number of methoxy groups -OCH3 is 1. The molecule has 0 spiro atoms. The predicted molar refractivity (Wildman–Crippen MR) is 96.8 cm³/mol. The van der Waals surface area contributed by atoms with E-state index in [1.54, 1.807) is 7.11 Å². The van der Waals surface area contributed by atoms with E-state index in [1.165, 1.54) is 6.92 Å². The average molecular weight is 380 g/mol. The number of hydrogen-bond donors (Lipinski definition) is 2. The standard InChI is InChI=1S/C15H33NO6Si2/c1-10(17)16-12-14(19-2)13(22-24(6,7)8)11(21-15(12)18)9-20-23(3,4)5/h11-15,18H,9H2,1-8H3,(H,16,17). The van der Waals surface area contributed by atoms with Gasteiger partial charge in [0.2, 0.25) is 5.91 Å². The van der Waals surface area contributed by atoms with Gasteiger partial charge in [0.1, 0.15) is 24.4 Å². The number of nitrogens with one attached hydrogen (secondary N) is 1. The Kier molecular flexibility index (Phi) is 7.60. The molecule has 5 atom stereocenters. The minimum Gasteiger partial charge on any atom is -0.415 e. The Morgan fingerprint density at radius 3 is 2.12 bits per heavy atom. The molecular weight excluding hydrogens is 346 g/mol. The summed E-state index contributed by atoms with van der Waals surface area (Å²) < 4.78 is 23.6. The molecule has 1 rings (SSSR count). The summed E-state index contributed by atoms with van der Waals surface area (Å²) in [5, 5.41) is 13.0. The van der Waals surface area contributed by atoms with Crippen molar-refractivity contribution in [2.75, 3.05) is 13.7 Å². The molecule has 0 aliphatic carbocycles. The van der Waals surface area contributed by atoms with Crippen molar-refractivity contribution in [2.45, 2.75) is 76.8 Å². The summed E-state index contributed by atoms with van der Waals surface area (Å²) in [6.07, 6.45) is -2.55. The van der Waals surface area contributed by atoms with Gasteiger partial charge in [0.25, 0.3) is 0 Å². The van der Waals surface area contributed by atoms with E-state index in [2.05, 4.69) is 44.6 Å². The fraction of sp³-hybridized carbons (Fsp3) is 0.933. The minimum absolute atomic E-state index is 0.256. The highest BCUT2D eigenvalue weighted by Crippen LogP contribution is 2.28. The lowest BCUT2D eigenvalue weighted by atomic mass is 9.97. The zero-order valence-corrected chi connectivity index (χ0v) is 18.1. The molecular formula is C15H33NO6Si2. The molecule has 0 aromatic carbocycles. The average Bonchev–Trinajstić information content (AvgIpc) is 2.38. The van der Waals surface area contributed by atoms with E-state index in [-0.39, 0.29) is 5.91 Å². The molecule has 1 fully saturated rings. The molecule has 0 bridgehead atoms. The van der Waals surface area contributed by atoms with Crippen molar-refractivity contribution in [1.82, 2.24) is 5.32 Å². The monoisotopic (exact) mass is 379 g/mol. The highest BCUT2D eigenvalue weighted by Gasteiger charge is 2.48. The van der Waals surface area contributed by atoms with Crippen LogP contribution in [0.25, 0.3) is 0 Å². The van der Waals surface area contributed by atoms with Gasteiger partial charge in [-0.3, -0.25) is 4.79 Å². The van der Waals surface area contributed by atoms with Crippen LogP contribution in [0, 0.1) is 0 Å². The third kappa shape index (κ3) is 6.91. The number of aliphatic hydroxyl groups excluding tert-OH is 1. The van der Waals surface area contributed by atoms with Crippen LogP contribution in [-0.4, -0.2) is 72.0 Å². The van der Waals surface area contributed by atoms with Gasteiger partial charge in [-0.2, -0.15) is 0 Å². The molecule has 1 aliphatic heterocycles.